The second-order valence-electron chi connectivity index (χ2n) is 5.29. The van der Waals surface area contributed by atoms with Crippen LogP contribution in [0.25, 0.3) is 0 Å². The molecule has 1 aromatic carbocycles. The van der Waals surface area contributed by atoms with E-state index in [-0.39, 0.29) is 29.9 Å². The minimum absolute atomic E-state index is 0.0561. The van der Waals surface area contributed by atoms with Crippen LogP contribution in [0.15, 0.2) is 18.2 Å². The van der Waals surface area contributed by atoms with Crippen LogP contribution < -0.4 is 4.74 Å². The van der Waals surface area contributed by atoms with Gasteiger partial charge >= 0.3 is 5.97 Å². The topological polar surface area (TPSA) is 66.8 Å². The number of hydrogen-bond acceptors (Lipinski definition) is 3. The first kappa shape index (κ1) is 16.5. The molecule has 0 bridgehead atoms. The third-order valence-corrected chi connectivity index (χ3v) is 3.97. The fourth-order valence-corrected chi connectivity index (χ4v) is 2.61. The lowest BCUT2D eigenvalue weighted by Crippen LogP contribution is -2.41. The summed E-state index contributed by atoms with van der Waals surface area (Å²) in [5.41, 5.74) is 0. The zero-order valence-corrected chi connectivity index (χ0v) is 12.7. The number of carbonyl (C=O) groups is 2. The molecule has 2 rings (SSSR count). The highest BCUT2D eigenvalue weighted by Gasteiger charge is 2.24. The van der Waals surface area contributed by atoms with Crippen molar-refractivity contribution in [2.75, 3.05) is 19.7 Å². The highest BCUT2D eigenvalue weighted by molar-refractivity contribution is 6.30. The van der Waals surface area contributed by atoms with Crippen molar-refractivity contribution in [3.63, 3.8) is 0 Å². The van der Waals surface area contributed by atoms with Crippen LogP contribution in [-0.2, 0) is 9.59 Å². The Morgan fingerprint density at radius 1 is 1.36 bits per heavy atom. The fraction of sp³-hybridized carbons (Fsp3) is 0.467. The number of carbonyl (C=O) groups excluding carboxylic acids is 1. The van der Waals surface area contributed by atoms with E-state index in [0.29, 0.717) is 31.7 Å². The van der Waals surface area contributed by atoms with Crippen molar-refractivity contribution in [3.8, 4) is 5.75 Å². The minimum atomic E-state index is -0.804. The van der Waals surface area contributed by atoms with Crippen LogP contribution in [-0.4, -0.2) is 41.6 Å². The number of rotatable bonds is 5. The predicted octanol–water partition coefficient (Wildman–Crippen LogP) is 2.57. The van der Waals surface area contributed by atoms with Crippen LogP contribution in [0, 0.1) is 11.7 Å². The van der Waals surface area contributed by atoms with E-state index in [1.54, 1.807) is 4.90 Å². The first-order chi connectivity index (χ1) is 10.5. The second kappa shape index (κ2) is 7.45. The predicted molar refractivity (Wildman–Crippen MR) is 78.5 cm³/mol. The molecule has 0 spiro atoms. The van der Waals surface area contributed by atoms with Gasteiger partial charge in [-0.2, -0.15) is 0 Å². The van der Waals surface area contributed by atoms with E-state index in [2.05, 4.69) is 0 Å². The van der Waals surface area contributed by atoms with Gasteiger partial charge in [0.1, 0.15) is 11.6 Å². The van der Waals surface area contributed by atoms with Gasteiger partial charge in [-0.25, -0.2) is 4.39 Å². The van der Waals surface area contributed by atoms with Crippen LogP contribution in [0.2, 0.25) is 5.02 Å². The standard InChI is InChI=1S/C15H17ClFNO4/c16-12-8-11(1-2-13(12)17)22-9-14(19)18-5-3-10(4-6-18)7-15(20)21/h1-2,8,10H,3-7,9H2,(H,20,21). The van der Waals surface area contributed by atoms with Crippen molar-refractivity contribution in [3.05, 3.63) is 29.0 Å². The summed E-state index contributed by atoms with van der Waals surface area (Å²) in [5.74, 6) is -1.06. The molecule has 120 valence electrons. The molecule has 1 fully saturated rings. The van der Waals surface area contributed by atoms with E-state index in [9.17, 15) is 14.0 Å². The van der Waals surface area contributed by atoms with Crippen LogP contribution in [0.5, 0.6) is 5.75 Å². The van der Waals surface area contributed by atoms with E-state index in [0.717, 1.165) is 0 Å². The number of likely N-dealkylation sites (tertiary alicyclic amines) is 1. The van der Waals surface area contributed by atoms with Gasteiger partial charge in [-0.3, -0.25) is 9.59 Å². The number of aliphatic carboxylic acids is 1. The van der Waals surface area contributed by atoms with Gasteiger partial charge < -0.3 is 14.7 Å². The Morgan fingerprint density at radius 2 is 2.05 bits per heavy atom. The number of ether oxygens (including phenoxy) is 1. The third-order valence-electron chi connectivity index (χ3n) is 3.68. The molecular formula is C15H17ClFNO4. The average Bonchev–Trinajstić information content (AvgIpc) is 2.48. The Hall–Kier alpha value is -1.82. The van der Waals surface area contributed by atoms with Crippen molar-refractivity contribution in [2.24, 2.45) is 5.92 Å². The quantitative estimate of drug-likeness (QED) is 0.901. The summed E-state index contributed by atoms with van der Waals surface area (Å²) in [6.07, 6.45) is 1.51. The maximum atomic E-state index is 13.0. The van der Waals surface area contributed by atoms with Gasteiger partial charge in [0.25, 0.3) is 5.91 Å². The lowest BCUT2D eigenvalue weighted by molar-refractivity contribution is -0.139. The molecule has 1 aliphatic rings. The maximum Gasteiger partial charge on any atom is 0.303 e. The minimum Gasteiger partial charge on any atom is -0.484 e. The van der Waals surface area contributed by atoms with Crippen LogP contribution in [0.3, 0.4) is 0 Å². The van der Waals surface area contributed by atoms with Crippen LogP contribution in [0.4, 0.5) is 4.39 Å². The summed E-state index contributed by atoms with van der Waals surface area (Å²) >= 11 is 5.64. The van der Waals surface area contributed by atoms with E-state index in [4.69, 9.17) is 21.4 Å². The summed E-state index contributed by atoms with van der Waals surface area (Å²) in [4.78, 5) is 24.3. The van der Waals surface area contributed by atoms with Gasteiger partial charge in [-0.15, -0.1) is 0 Å². The SMILES string of the molecule is O=C(O)CC1CCN(C(=O)COc2ccc(F)c(Cl)c2)CC1. The molecule has 1 saturated heterocycles. The fourth-order valence-electron chi connectivity index (χ4n) is 2.44. The molecule has 7 heteroatoms. The molecule has 5 nitrogen and oxygen atoms in total. The van der Waals surface area contributed by atoms with Gasteiger partial charge in [0.05, 0.1) is 5.02 Å². The molecule has 1 amide bonds. The van der Waals surface area contributed by atoms with E-state index in [1.807, 2.05) is 0 Å². The molecule has 0 aliphatic carbocycles. The number of carboxylic acid groups (broad SMARTS) is 1. The van der Waals surface area contributed by atoms with Gasteiger partial charge in [-0.05, 0) is 30.9 Å². The van der Waals surface area contributed by atoms with Crippen molar-refractivity contribution >= 4 is 23.5 Å². The van der Waals surface area contributed by atoms with Gasteiger partial charge in [0.2, 0.25) is 0 Å². The number of hydrogen-bond donors (Lipinski definition) is 1. The molecular weight excluding hydrogens is 313 g/mol. The molecule has 1 N–H and O–H groups in total. The molecule has 1 aliphatic heterocycles. The largest absolute Gasteiger partial charge is 0.484 e. The van der Waals surface area contributed by atoms with Crippen LogP contribution in [0.1, 0.15) is 19.3 Å². The molecule has 0 saturated carbocycles. The Kier molecular flexibility index (Phi) is 5.60. The highest BCUT2D eigenvalue weighted by atomic mass is 35.5. The lowest BCUT2D eigenvalue weighted by atomic mass is 9.94. The number of amides is 1. The maximum absolute atomic E-state index is 13.0. The van der Waals surface area contributed by atoms with Crippen molar-refractivity contribution in [1.82, 2.24) is 4.90 Å². The molecule has 1 heterocycles. The van der Waals surface area contributed by atoms with Crippen molar-refractivity contribution in [1.29, 1.82) is 0 Å². The lowest BCUT2D eigenvalue weighted by Gasteiger charge is -2.31. The van der Waals surface area contributed by atoms with E-state index >= 15 is 0 Å². The van der Waals surface area contributed by atoms with Crippen LogP contribution >= 0.6 is 11.6 Å². The van der Waals surface area contributed by atoms with Crippen molar-refractivity contribution in [2.45, 2.75) is 19.3 Å². The first-order valence-electron chi connectivity index (χ1n) is 7.03. The van der Waals surface area contributed by atoms with E-state index in [1.165, 1.54) is 18.2 Å². The summed E-state index contributed by atoms with van der Waals surface area (Å²) in [5, 5.41) is 8.70. The second-order valence-corrected chi connectivity index (χ2v) is 5.69. The summed E-state index contributed by atoms with van der Waals surface area (Å²) in [6, 6.07) is 3.91. The molecule has 0 atom stereocenters. The monoisotopic (exact) mass is 329 g/mol. The molecule has 0 unspecified atom stereocenters. The third kappa shape index (κ3) is 4.59. The van der Waals surface area contributed by atoms with Crippen molar-refractivity contribution < 1.29 is 23.8 Å². The average molecular weight is 330 g/mol. The summed E-state index contributed by atoms with van der Waals surface area (Å²) in [6.45, 7) is 0.917. The zero-order chi connectivity index (χ0) is 16.1. The molecule has 0 radical (unpaired) electrons. The number of nitrogens with zero attached hydrogens (tertiary/aromatic N) is 1. The van der Waals surface area contributed by atoms with Gasteiger partial charge in [-0.1, -0.05) is 11.6 Å². The Labute approximate surface area is 132 Å². The summed E-state index contributed by atoms with van der Waals surface area (Å²) in [7, 11) is 0. The Balaban J connectivity index is 1.78. The number of benzene rings is 1. The van der Waals surface area contributed by atoms with Gasteiger partial charge in [0, 0.05) is 25.6 Å². The molecule has 1 aromatic rings. The zero-order valence-electron chi connectivity index (χ0n) is 11.9. The summed E-state index contributed by atoms with van der Waals surface area (Å²) < 4.78 is 18.3. The number of halogens is 2. The number of carboxylic acids is 1. The van der Waals surface area contributed by atoms with Gasteiger partial charge in [0.15, 0.2) is 6.61 Å². The molecule has 22 heavy (non-hydrogen) atoms. The highest BCUT2D eigenvalue weighted by Crippen LogP contribution is 2.22. The Bertz CT molecular complexity index is 558. The normalized spacial score (nSPS) is 15.6. The smallest absolute Gasteiger partial charge is 0.303 e. The number of piperidine rings is 1. The molecule has 0 aromatic heterocycles. The first-order valence-corrected chi connectivity index (χ1v) is 7.41. The Morgan fingerprint density at radius 3 is 2.64 bits per heavy atom. The van der Waals surface area contributed by atoms with E-state index < -0.39 is 11.8 Å².